The molecule has 20 heavy (non-hydrogen) atoms. The normalized spacial score (nSPS) is 15.1. The third kappa shape index (κ3) is 2.81. The SMILES string of the molecule is O=S(Nc1ccccc1)c1cc(Cl)cc2c1OCCC2. The summed E-state index contributed by atoms with van der Waals surface area (Å²) < 4.78 is 21.1. The van der Waals surface area contributed by atoms with Crippen LogP contribution in [0.15, 0.2) is 47.4 Å². The predicted octanol–water partition coefficient (Wildman–Crippen LogP) is 3.80. The van der Waals surface area contributed by atoms with Crippen LogP contribution >= 0.6 is 11.6 Å². The van der Waals surface area contributed by atoms with Gasteiger partial charge in [0.05, 0.1) is 6.61 Å². The maximum absolute atomic E-state index is 12.5. The lowest BCUT2D eigenvalue weighted by Gasteiger charge is -2.20. The van der Waals surface area contributed by atoms with E-state index in [4.69, 9.17) is 16.3 Å². The van der Waals surface area contributed by atoms with Gasteiger partial charge in [-0.15, -0.1) is 0 Å². The number of hydrogen-bond acceptors (Lipinski definition) is 2. The molecule has 0 spiro atoms. The van der Waals surface area contributed by atoms with Crippen molar-refractivity contribution in [3.63, 3.8) is 0 Å². The van der Waals surface area contributed by atoms with Crippen LogP contribution in [0.4, 0.5) is 5.69 Å². The Bertz CT molecular complexity index is 646. The number of ether oxygens (including phenoxy) is 1. The van der Waals surface area contributed by atoms with Crippen LogP contribution in [0.3, 0.4) is 0 Å². The highest BCUT2D eigenvalue weighted by Crippen LogP contribution is 2.34. The Balaban J connectivity index is 1.93. The summed E-state index contributed by atoms with van der Waals surface area (Å²) in [6.45, 7) is 0.657. The molecular formula is C15H14ClNO2S. The van der Waals surface area contributed by atoms with Gasteiger partial charge in [0.15, 0.2) is 11.0 Å². The first-order valence-electron chi connectivity index (χ1n) is 6.43. The van der Waals surface area contributed by atoms with E-state index >= 15 is 0 Å². The zero-order chi connectivity index (χ0) is 13.9. The number of anilines is 1. The van der Waals surface area contributed by atoms with Crippen LogP contribution in [0.25, 0.3) is 0 Å². The Morgan fingerprint density at radius 2 is 2.00 bits per heavy atom. The fraction of sp³-hybridized carbons (Fsp3) is 0.200. The van der Waals surface area contributed by atoms with Gasteiger partial charge in [0.2, 0.25) is 0 Å². The average molecular weight is 308 g/mol. The molecule has 2 aromatic carbocycles. The maximum atomic E-state index is 12.5. The first-order valence-corrected chi connectivity index (χ1v) is 7.95. The molecular weight excluding hydrogens is 294 g/mol. The van der Waals surface area contributed by atoms with Crippen LogP contribution in [-0.4, -0.2) is 10.8 Å². The predicted molar refractivity (Wildman–Crippen MR) is 81.7 cm³/mol. The highest BCUT2D eigenvalue weighted by Gasteiger charge is 2.20. The third-order valence-electron chi connectivity index (χ3n) is 3.12. The van der Waals surface area contributed by atoms with E-state index in [2.05, 4.69) is 4.72 Å². The van der Waals surface area contributed by atoms with Gasteiger partial charge in [-0.25, -0.2) is 4.21 Å². The molecule has 1 aliphatic rings. The molecule has 0 aliphatic carbocycles. The molecule has 1 aliphatic heterocycles. The Morgan fingerprint density at radius 1 is 1.20 bits per heavy atom. The van der Waals surface area contributed by atoms with Crippen molar-refractivity contribution in [3.05, 3.63) is 53.1 Å². The van der Waals surface area contributed by atoms with Crippen LogP contribution in [0.1, 0.15) is 12.0 Å². The summed E-state index contributed by atoms with van der Waals surface area (Å²) in [5.41, 5.74) is 1.83. The van der Waals surface area contributed by atoms with Gasteiger partial charge in [0, 0.05) is 10.7 Å². The number of para-hydroxylation sites is 1. The molecule has 3 rings (SSSR count). The minimum absolute atomic E-state index is 0.590. The van der Waals surface area contributed by atoms with Crippen LogP contribution in [-0.2, 0) is 17.4 Å². The van der Waals surface area contributed by atoms with Crippen molar-refractivity contribution in [1.29, 1.82) is 0 Å². The van der Waals surface area contributed by atoms with E-state index in [0.717, 1.165) is 24.1 Å². The van der Waals surface area contributed by atoms with Gasteiger partial charge in [-0.1, -0.05) is 29.8 Å². The maximum Gasteiger partial charge on any atom is 0.154 e. The third-order valence-corrected chi connectivity index (χ3v) is 4.46. The molecule has 104 valence electrons. The number of fused-ring (bicyclic) bond motifs is 1. The van der Waals surface area contributed by atoms with Crippen LogP contribution in [0.2, 0.25) is 5.02 Å². The van der Waals surface area contributed by atoms with Gasteiger partial charge >= 0.3 is 0 Å². The molecule has 1 heterocycles. The second-order valence-electron chi connectivity index (χ2n) is 4.58. The molecule has 1 unspecified atom stereocenters. The standard InChI is InChI=1S/C15H14ClNO2S/c16-12-9-11-5-4-8-19-15(11)14(10-12)20(18)17-13-6-2-1-3-7-13/h1-3,6-7,9-10,17H,4-5,8H2. The fourth-order valence-electron chi connectivity index (χ4n) is 2.21. The molecule has 0 saturated carbocycles. The first kappa shape index (κ1) is 13.5. The summed E-state index contributed by atoms with van der Waals surface area (Å²) >= 11 is 6.11. The number of halogens is 1. The minimum atomic E-state index is -1.39. The molecule has 0 saturated heterocycles. The highest BCUT2D eigenvalue weighted by atomic mass is 35.5. The number of rotatable bonds is 3. The van der Waals surface area contributed by atoms with Gasteiger partial charge in [-0.3, -0.25) is 0 Å². The van der Waals surface area contributed by atoms with Crippen molar-refractivity contribution >= 4 is 28.3 Å². The van der Waals surface area contributed by atoms with Crippen molar-refractivity contribution in [2.75, 3.05) is 11.3 Å². The van der Waals surface area contributed by atoms with Crippen molar-refractivity contribution in [2.24, 2.45) is 0 Å². The second kappa shape index (κ2) is 5.85. The molecule has 0 radical (unpaired) electrons. The van der Waals surface area contributed by atoms with Crippen molar-refractivity contribution in [1.82, 2.24) is 0 Å². The van der Waals surface area contributed by atoms with E-state index in [1.165, 1.54) is 0 Å². The monoisotopic (exact) mass is 307 g/mol. The number of benzene rings is 2. The topological polar surface area (TPSA) is 38.3 Å². The molecule has 0 fully saturated rings. The summed E-state index contributed by atoms with van der Waals surface area (Å²) in [5.74, 6) is 0.711. The van der Waals surface area contributed by atoms with Gasteiger partial charge in [-0.05, 0) is 42.7 Å². The summed E-state index contributed by atoms with van der Waals surface area (Å²) in [7, 11) is -1.39. The Kier molecular flexibility index (Phi) is 3.94. The molecule has 1 N–H and O–H groups in total. The lowest BCUT2D eigenvalue weighted by molar-refractivity contribution is 0.281. The van der Waals surface area contributed by atoms with Gasteiger partial charge < -0.3 is 9.46 Å². The van der Waals surface area contributed by atoms with Gasteiger partial charge in [0.1, 0.15) is 10.6 Å². The summed E-state index contributed by atoms with van der Waals surface area (Å²) in [4.78, 5) is 0.607. The number of aryl methyl sites for hydroxylation is 1. The van der Waals surface area contributed by atoms with E-state index in [0.29, 0.717) is 22.3 Å². The van der Waals surface area contributed by atoms with E-state index in [9.17, 15) is 4.21 Å². The lowest BCUT2D eigenvalue weighted by atomic mass is 10.1. The van der Waals surface area contributed by atoms with Crippen LogP contribution in [0, 0.1) is 0 Å². The van der Waals surface area contributed by atoms with Crippen molar-refractivity contribution in [2.45, 2.75) is 17.7 Å². The first-order chi connectivity index (χ1) is 9.74. The lowest BCUT2D eigenvalue weighted by Crippen LogP contribution is -2.13. The quantitative estimate of drug-likeness (QED) is 0.936. The molecule has 2 aromatic rings. The van der Waals surface area contributed by atoms with E-state index in [-0.39, 0.29) is 0 Å². The second-order valence-corrected chi connectivity index (χ2v) is 6.20. The Labute approximate surface area is 125 Å². The van der Waals surface area contributed by atoms with Crippen LogP contribution < -0.4 is 9.46 Å². The molecule has 1 atom stereocenters. The van der Waals surface area contributed by atoms with Crippen molar-refractivity contribution < 1.29 is 8.95 Å². The zero-order valence-corrected chi connectivity index (χ0v) is 12.3. The summed E-state index contributed by atoms with van der Waals surface area (Å²) in [6.07, 6.45) is 1.87. The van der Waals surface area contributed by atoms with Crippen LogP contribution in [0.5, 0.6) is 5.75 Å². The number of nitrogens with one attached hydrogen (secondary N) is 1. The van der Waals surface area contributed by atoms with Crippen molar-refractivity contribution in [3.8, 4) is 5.75 Å². The molecule has 0 aromatic heterocycles. The fourth-order valence-corrected chi connectivity index (χ4v) is 3.57. The molecule has 0 bridgehead atoms. The Morgan fingerprint density at radius 3 is 2.80 bits per heavy atom. The van der Waals surface area contributed by atoms with E-state index in [1.807, 2.05) is 36.4 Å². The van der Waals surface area contributed by atoms with E-state index in [1.54, 1.807) is 6.07 Å². The Hall–Kier alpha value is -1.52. The summed E-state index contributed by atoms with van der Waals surface area (Å²) in [5, 5.41) is 0.590. The smallest absolute Gasteiger partial charge is 0.154 e. The number of hydrogen-bond donors (Lipinski definition) is 1. The van der Waals surface area contributed by atoms with Gasteiger partial charge in [-0.2, -0.15) is 0 Å². The largest absolute Gasteiger partial charge is 0.492 e. The molecule has 0 amide bonds. The average Bonchev–Trinajstić information content (AvgIpc) is 2.47. The highest BCUT2D eigenvalue weighted by molar-refractivity contribution is 7.86. The van der Waals surface area contributed by atoms with Gasteiger partial charge in [0.25, 0.3) is 0 Å². The molecule has 5 heteroatoms. The minimum Gasteiger partial charge on any atom is -0.492 e. The summed E-state index contributed by atoms with van der Waals surface area (Å²) in [6, 6.07) is 13.0. The molecule has 3 nitrogen and oxygen atoms in total. The van der Waals surface area contributed by atoms with E-state index < -0.39 is 11.0 Å². The zero-order valence-electron chi connectivity index (χ0n) is 10.8.